The minimum absolute atomic E-state index is 0.508. The molecule has 192 valence electrons. The summed E-state index contributed by atoms with van der Waals surface area (Å²) in [4.78, 5) is 2.54. The Bertz CT molecular complexity index is 1220. The zero-order valence-corrected chi connectivity index (χ0v) is 22.5. The highest BCUT2D eigenvalue weighted by Gasteiger charge is 2.19. The third kappa shape index (κ3) is 6.66. The predicted octanol–water partition coefficient (Wildman–Crippen LogP) is 9.42. The van der Waals surface area contributed by atoms with E-state index in [9.17, 15) is 5.11 Å². The molecule has 1 N–H and O–H groups in total. The van der Waals surface area contributed by atoms with Crippen LogP contribution in [0.2, 0.25) is 0 Å². The molecule has 0 saturated heterocycles. The average Bonchev–Trinajstić information content (AvgIpc) is 2.91. The Kier molecular flexibility index (Phi) is 10.2. The van der Waals surface area contributed by atoms with Crippen molar-refractivity contribution in [3.8, 4) is 0 Å². The molecule has 0 aliphatic heterocycles. The van der Waals surface area contributed by atoms with E-state index >= 15 is 0 Å². The lowest BCUT2D eigenvalue weighted by molar-refractivity contribution is 0.112. The maximum atomic E-state index is 11.8. The van der Waals surface area contributed by atoms with Crippen LogP contribution in [0.15, 0.2) is 66.7 Å². The molecule has 0 aromatic heterocycles. The zero-order valence-electron chi connectivity index (χ0n) is 22.5. The highest BCUT2D eigenvalue weighted by atomic mass is 16.3. The third-order valence-electron chi connectivity index (χ3n) is 7.73. The molecule has 0 aliphatic carbocycles. The van der Waals surface area contributed by atoms with Crippen LogP contribution in [0.5, 0.6) is 0 Å². The second kappa shape index (κ2) is 13.8. The number of unbranched alkanes of at least 4 members (excludes halogenated alkanes) is 8. The second-order valence-corrected chi connectivity index (χ2v) is 10.5. The average molecular weight is 484 g/mol. The van der Waals surface area contributed by atoms with Crippen molar-refractivity contribution in [1.29, 1.82) is 0 Å². The van der Waals surface area contributed by atoms with Crippen molar-refractivity contribution in [3.05, 3.63) is 72.3 Å². The Balaban J connectivity index is 1.61. The first-order chi connectivity index (χ1) is 17.7. The number of aliphatic hydroxyl groups is 1. The Morgan fingerprint density at radius 1 is 0.583 bits per heavy atom. The van der Waals surface area contributed by atoms with Gasteiger partial charge in [-0.2, -0.15) is 0 Å². The number of hydrogen-bond acceptors (Lipinski definition) is 2. The molecule has 4 rings (SSSR count). The molecule has 4 aromatic rings. The molecule has 1 unspecified atom stereocenters. The fraction of sp³-hybridized carbons (Fsp3) is 0.471. The van der Waals surface area contributed by atoms with Crippen molar-refractivity contribution >= 4 is 32.3 Å². The molecule has 0 aliphatic rings. The van der Waals surface area contributed by atoms with Gasteiger partial charge in [-0.05, 0) is 69.9 Å². The highest BCUT2D eigenvalue weighted by molar-refractivity contribution is 6.14. The van der Waals surface area contributed by atoms with Crippen molar-refractivity contribution in [1.82, 2.24) is 4.90 Å². The summed E-state index contributed by atoms with van der Waals surface area (Å²) in [6.07, 6.45) is 12.4. The molecule has 0 spiro atoms. The monoisotopic (exact) mass is 483 g/mol. The van der Waals surface area contributed by atoms with E-state index < -0.39 is 6.10 Å². The number of aliphatic hydroxyl groups excluding tert-OH is 1. The van der Waals surface area contributed by atoms with Gasteiger partial charge in [0.15, 0.2) is 0 Å². The number of nitrogens with zero attached hydrogens (tertiary/aromatic N) is 1. The molecular weight excluding hydrogens is 438 g/mol. The molecule has 1 atom stereocenters. The van der Waals surface area contributed by atoms with Crippen molar-refractivity contribution in [2.75, 3.05) is 19.6 Å². The Hall–Kier alpha value is -2.42. The van der Waals surface area contributed by atoms with Crippen LogP contribution in [0.4, 0.5) is 0 Å². The van der Waals surface area contributed by atoms with Gasteiger partial charge >= 0.3 is 0 Å². The molecule has 36 heavy (non-hydrogen) atoms. The van der Waals surface area contributed by atoms with Gasteiger partial charge in [-0.25, -0.2) is 0 Å². The molecule has 0 amide bonds. The van der Waals surface area contributed by atoms with E-state index in [0.29, 0.717) is 6.54 Å². The number of fused-ring (bicyclic) bond motifs is 4. The van der Waals surface area contributed by atoms with E-state index in [-0.39, 0.29) is 0 Å². The topological polar surface area (TPSA) is 23.5 Å². The molecule has 0 saturated carbocycles. The maximum Gasteiger partial charge on any atom is 0.0928 e. The lowest BCUT2D eigenvalue weighted by atomic mass is 9.90. The van der Waals surface area contributed by atoms with Gasteiger partial charge in [0.25, 0.3) is 0 Å². The Morgan fingerprint density at radius 2 is 1.17 bits per heavy atom. The number of hydrogen-bond donors (Lipinski definition) is 1. The molecule has 2 nitrogen and oxygen atoms in total. The third-order valence-corrected chi connectivity index (χ3v) is 7.73. The first-order valence-corrected chi connectivity index (χ1v) is 14.5. The first kappa shape index (κ1) is 26.6. The number of benzene rings is 4. The lowest BCUT2D eigenvalue weighted by Gasteiger charge is -2.27. The van der Waals surface area contributed by atoms with E-state index in [1.165, 1.54) is 96.5 Å². The zero-order chi connectivity index (χ0) is 25.2. The Labute approximate surface area is 218 Å². The molecule has 0 radical (unpaired) electrons. The summed E-state index contributed by atoms with van der Waals surface area (Å²) in [6, 6.07) is 23.9. The van der Waals surface area contributed by atoms with Gasteiger partial charge < -0.3 is 10.0 Å². The van der Waals surface area contributed by atoms with Gasteiger partial charge in [0.1, 0.15) is 0 Å². The molecule has 4 aromatic carbocycles. The van der Waals surface area contributed by atoms with Gasteiger partial charge in [0.2, 0.25) is 0 Å². The molecule has 0 bridgehead atoms. The smallest absolute Gasteiger partial charge is 0.0928 e. The summed E-state index contributed by atoms with van der Waals surface area (Å²) >= 11 is 0. The van der Waals surface area contributed by atoms with Gasteiger partial charge in [-0.15, -0.1) is 0 Å². The SMILES string of the molecule is CCCCCCCN(CCCCCCC)CC(O)c1c2ccccc2cc2c1ccc1ccccc12. The summed E-state index contributed by atoms with van der Waals surface area (Å²) in [5.74, 6) is 0. The molecule has 2 heteroatoms. The molecular formula is C34H45NO. The summed E-state index contributed by atoms with van der Waals surface area (Å²) in [5, 5.41) is 19.1. The van der Waals surface area contributed by atoms with E-state index in [4.69, 9.17) is 0 Å². The molecule has 0 fully saturated rings. The van der Waals surface area contributed by atoms with Crippen molar-refractivity contribution < 1.29 is 5.11 Å². The summed E-state index contributed by atoms with van der Waals surface area (Å²) in [6.45, 7) is 7.42. The van der Waals surface area contributed by atoms with E-state index in [2.05, 4.69) is 85.5 Å². The molecule has 0 heterocycles. The standard InChI is InChI=1S/C34H45NO/c1-3-5-7-9-15-23-35(24-16-10-8-6-4-2)26-33(36)34-30-20-14-12-18-28(30)25-32-29-19-13-11-17-27(29)21-22-31(32)34/h11-14,17-22,25,33,36H,3-10,15-16,23-24,26H2,1-2H3. The van der Waals surface area contributed by atoms with Crippen molar-refractivity contribution in [2.24, 2.45) is 0 Å². The van der Waals surface area contributed by atoms with Crippen LogP contribution in [0.1, 0.15) is 89.7 Å². The predicted molar refractivity (Wildman–Crippen MR) is 158 cm³/mol. The van der Waals surface area contributed by atoms with Gasteiger partial charge in [0.05, 0.1) is 6.10 Å². The van der Waals surface area contributed by atoms with Crippen LogP contribution in [-0.2, 0) is 0 Å². The van der Waals surface area contributed by atoms with Crippen LogP contribution >= 0.6 is 0 Å². The Morgan fingerprint density at radius 3 is 1.83 bits per heavy atom. The fourth-order valence-electron chi connectivity index (χ4n) is 5.72. The fourth-order valence-corrected chi connectivity index (χ4v) is 5.72. The van der Waals surface area contributed by atoms with Gasteiger partial charge in [0, 0.05) is 6.54 Å². The summed E-state index contributed by atoms with van der Waals surface area (Å²) in [7, 11) is 0. The van der Waals surface area contributed by atoms with Crippen LogP contribution in [0.25, 0.3) is 32.3 Å². The minimum atomic E-state index is -0.508. The van der Waals surface area contributed by atoms with Crippen molar-refractivity contribution in [3.63, 3.8) is 0 Å². The summed E-state index contributed by atoms with van der Waals surface area (Å²) in [5.41, 5.74) is 1.09. The van der Waals surface area contributed by atoms with Gasteiger partial charge in [-0.3, -0.25) is 0 Å². The van der Waals surface area contributed by atoms with Crippen LogP contribution in [-0.4, -0.2) is 29.6 Å². The van der Waals surface area contributed by atoms with E-state index in [1.54, 1.807) is 0 Å². The largest absolute Gasteiger partial charge is 0.387 e. The van der Waals surface area contributed by atoms with Crippen molar-refractivity contribution in [2.45, 2.75) is 84.2 Å². The lowest BCUT2D eigenvalue weighted by Crippen LogP contribution is -2.31. The van der Waals surface area contributed by atoms with Crippen LogP contribution in [0, 0.1) is 0 Å². The first-order valence-electron chi connectivity index (χ1n) is 14.5. The van der Waals surface area contributed by atoms with E-state index in [0.717, 1.165) is 18.7 Å². The minimum Gasteiger partial charge on any atom is -0.387 e. The van der Waals surface area contributed by atoms with Crippen LogP contribution < -0.4 is 0 Å². The quantitative estimate of drug-likeness (QED) is 0.103. The van der Waals surface area contributed by atoms with Gasteiger partial charge in [-0.1, -0.05) is 126 Å². The second-order valence-electron chi connectivity index (χ2n) is 10.5. The van der Waals surface area contributed by atoms with E-state index in [1.807, 2.05) is 0 Å². The maximum absolute atomic E-state index is 11.8. The van der Waals surface area contributed by atoms with Crippen LogP contribution in [0.3, 0.4) is 0 Å². The highest BCUT2D eigenvalue weighted by Crippen LogP contribution is 2.36. The normalized spacial score (nSPS) is 12.8. The summed E-state index contributed by atoms with van der Waals surface area (Å²) < 4.78 is 0. The number of rotatable bonds is 15.